The van der Waals surface area contributed by atoms with E-state index in [-0.39, 0.29) is 17.8 Å². The zero-order chi connectivity index (χ0) is 21.3. The molecule has 162 valence electrons. The van der Waals surface area contributed by atoms with E-state index in [1.807, 2.05) is 54.2 Å². The number of benzene rings is 1. The second-order valence-electron chi connectivity index (χ2n) is 9.17. The standard InChI is InChI=1S/C23H32N4O3/c1-24(2)14-15-26-21(29)23(27(22(26)30)17-19-6-4-3-5-7-19)10-12-25(13-11-23)20(28)16-18-8-9-18/h3-7,18H,8-17H2,1-2H3. The summed E-state index contributed by atoms with van der Waals surface area (Å²) < 4.78 is 0. The maximum absolute atomic E-state index is 13.5. The molecule has 2 saturated heterocycles. The minimum atomic E-state index is -0.838. The summed E-state index contributed by atoms with van der Waals surface area (Å²) in [5.74, 6) is 0.655. The van der Waals surface area contributed by atoms with Crippen LogP contribution in [0.15, 0.2) is 30.3 Å². The molecule has 0 unspecified atom stereocenters. The highest BCUT2D eigenvalue weighted by Gasteiger charge is 2.58. The van der Waals surface area contributed by atoms with Crippen LogP contribution in [0.5, 0.6) is 0 Å². The lowest BCUT2D eigenvalue weighted by Gasteiger charge is -2.42. The molecule has 1 aromatic carbocycles. The van der Waals surface area contributed by atoms with Gasteiger partial charge in [0.1, 0.15) is 5.54 Å². The van der Waals surface area contributed by atoms with Crippen LogP contribution < -0.4 is 0 Å². The Morgan fingerprint density at radius 1 is 1.10 bits per heavy atom. The molecule has 7 nitrogen and oxygen atoms in total. The number of imide groups is 1. The van der Waals surface area contributed by atoms with Crippen LogP contribution in [0, 0.1) is 5.92 Å². The second kappa shape index (κ2) is 8.38. The fourth-order valence-electron chi connectivity index (χ4n) is 4.57. The predicted molar refractivity (Wildman–Crippen MR) is 114 cm³/mol. The summed E-state index contributed by atoms with van der Waals surface area (Å²) in [6, 6.07) is 9.62. The Bertz CT molecular complexity index is 798. The lowest BCUT2D eigenvalue weighted by Crippen LogP contribution is -2.57. The smallest absolute Gasteiger partial charge is 0.328 e. The second-order valence-corrected chi connectivity index (χ2v) is 9.17. The Kier molecular flexibility index (Phi) is 5.82. The average molecular weight is 413 g/mol. The number of hydrogen-bond acceptors (Lipinski definition) is 4. The Hall–Kier alpha value is -2.41. The average Bonchev–Trinajstić information content (AvgIpc) is 3.53. The summed E-state index contributed by atoms with van der Waals surface area (Å²) in [5, 5.41) is 0. The molecule has 2 aliphatic heterocycles. The molecule has 0 aromatic heterocycles. The summed E-state index contributed by atoms with van der Waals surface area (Å²) in [5.41, 5.74) is 0.176. The van der Waals surface area contributed by atoms with Gasteiger partial charge in [0.05, 0.1) is 0 Å². The molecule has 30 heavy (non-hydrogen) atoms. The first-order valence-electron chi connectivity index (χ1n) is 11.0. The molecule has 1 saturated carbocycles. The van der Waals surface area contributed by atoms with E-state index in [1.165, 1.54) is 4.90 Å². The van der Waals surface area contributed by atoms with E-state index in [9.17, 15) is 14.4 Å². The van der Waals surface area contributed by atoms with Gasteiger partial charge in [-0.1, -0.05) is 30.3 Å². The molecule has 0 radical (unpaired) electrons. The van der Waals surface area contributed by atoms with E-state index < -0.39 is 5.54 Å². The first-order valence-corrected chi connectivity index (χ1v) is 11.0. The molecule has 4 rings (SSSR count). The molecule has 3 aliphatic rings. The number of nitrogens with zero attached hydrogens (tertiary/aromatic N) is 4. The van der Waals surface area contributed by atoms with Crippen molar-refractivity contribution in [3.63, 3.8) is 0 Å². The van der Waals surface area contributed by atoms with Crippen molar-refractivity contribution in [2.24, 2.45) is 5.92 Å². The lowest BCUT2D eigenvalue weighted by molar-refractivity contribution is -0.141. The van der Waals surface area contributed by atoms with Gasteiger partial charge in [-0.3, -0.25) is 14.5 Å². The van der Waals surface area contributed by atoms with Gasteiger partial charge in [0.25, 0.3) is 5.91 Å². The van der Waals surface area contributed by atoms with Crippen LogP contribution in [0.3, 0.4) is 0 Å². The Morgan fingerprint density at radius 2 is 1.77 bits per heavy atom. The van der Waals surface area contributed by atoms with E-state index >= 15 is 0 Å². The van der Waals surface area contributed by atoms with Gasteiger partial charge in [0, 0.05) is 39.1 Å². The van der Waals surface area contributed by atoms with Crippen LogP contribution in [0.25, 0.3) is 0 Å². The monoisotopic (exact) mass is 412 g/mol. The molecule has 4 amide bonds. The third-order valence-electron chi connectivity index (χ3n) is 6.68. The molecule has 0 bridgehead atoms. The summed E-state index contributed by atoms with van der Waals surface area (Å²) >= 11 is 0. The highest BCUT2D eigenvalue weighted by Crippen LogP contribution is 2.39. The molecule has 3 fully saturated rings. The summed E-state index contributed by atoms with van der Waals surface area (Å²) in [7, 11) is 3.87. The molecule has 1 aromatic rings. The highest BCUT2D eigenvalue weighted by molar-refractivity contribution is 6.07. The largest absolute Gasteiger partial charge is 0.342 e. The van der Waals surface area contributed by atoms with Crippen LogP contribution in [0.1, 0.15) is 37.7 Å². The van der Waals surface area contributed by atoms with Crippen molar-refractivity contribution in [1.82, 2.24) is 19.6 Å². The van der Waals surface area contributed by atoms with E-state index in [1.54, 1.807) is 4.90 Å². The first kappa shape index (κ1) is 20.8. The maximum atomic E-state index is 13.5. The van der Waals surface area contributed by atoms with Gasteiger partial charge in [-0.05, 0) is 51.3 Å². The van der Waals surface area contributed by atoms with E-state index in [0.717, 1.165) is 18.4 Å². The van der Waals surface area contributed by atoms with Gasteiger partial charge in [0.2, 0.25) is 5.91 Å². The minimum absolute atomic E-state index is 0.0976. The zero-order valence-corrected chi connectivity index (χ0v) is 18.0. The number of piperidine rings is 1. The van der Waals surface area contributed by atoms with Gasteiger partial charge in [-0.25, -0.2) is 4.79 Å². The molecular weight excluding hydrogens is 380 g/mol. The van der Waals surface area contributed by atoms with Crippen molar-refractivity contribution in [1.29, 1.82) is 0 Å². The molecule has 0 atom stereocenters. The van der Waals surface area contributed by atoms with Crippen molar-refractivity contribution >= 4 is 17.8 Å². The SMILES string of the molecule is CN(C)CCN1C(=O)N(Cc2ccccc2)C2(CCN(C(=O)CC3CC3)CC2)C1=O. The van der Waals surface area contributed by atoms with Crippen LogP contribution >= 0.6 is 0 Å². The van der Waals surface area contributed by atoms with Crippen LogP contribution in [0.4, 0.5) is 4.79 Å². The predicted octanol–water partition coefficient (Wildman–Crippen LogP) is 2.17. The van der Waals surface area contributed by atoms with E-state index in [4.69, 9.17) is 0 Å². The molecule has 1 spiro atoms. The van der Waals surface area contributed by atoms with Crippen LogP contribution in [-0.4, -0.2) is 83.3 Å². The fraction of sp³-hybridized carbons (Fsp3) is 0.609. The third-order valence-corrected chi connectivity index (χ3v) is 6.68. The number of likely N-dealkylation sites (tertiary alicyclic amines) is 1. The van der Waals surface area contributed by atoms with Crippen molar-refractivity contribution in [2.75, 3.05) is 40.3 Å². The molecule has 2 heterocycles. The first-order chi connectivity index (χ1) is 14.4. The number of hydrogen-bond donors (Lipinski definition) is 0. The Morgan fingerprint density at radius 3 is 2.37 bits per heavy atom. The summed E-state index contributed by atoms with van der Waals surface area (Å²) in [4.78, 5) is 46.4. The lowest BCUT2D eigenvalue weighted by atomic mass is 9.85. The van der Waals surface area contributed by atoms with Crippen molar-refractivity contribution < 1.29 is 14.4 Å². The van der Waals surface area contributed by atoms with E-state index in [0.29, 0.717) is 57.9 Å². The third kappa shape index (κ3) is 4.08. The topological polar surface area (TPSA) is 64.2 Å². The van der Waals surface area contributed by atoms with Gasteiger partial charge in [-0.15, -0.1) is 0 Å². The zero-order valence-electron chi connectivity index (χ0n) is 18.0. The number of urea groups is 1. The summed E-state index contributed by atoms with van der Waals surface area (Å²) in [6.07, 6.45) is 3.96. The molecule has 0 N–H and O–H groups in total. The highest BCUT2D eigenvalue weighted by atomic mass is 16.2. The Balaban J connectivity index is 1.53. The van der Waals surface area contributed by atoms with Crippen molar-refractivity contribution in [3.05, 3.63) is 35.9 Å². The Labute approximate surface area is 178 Å². The van der Waals surface area contributed by atoms with Gasteiger partial charge < -0.3 is 14.7 Å². The number of carbonyl (C=O) groups excluding carboxylic acids is 3. The minimum Gasteiger partial charge on any atom is -0.342 e. The van der Waals surface area contributed by atoms with Crippen LogP contribution in [0.2, 0.25) is 0 Å². The van der Waals surface area contributed by atoms with Crippen molar-refractivity contribution in [3.8, 4) is 0 Å². The number of amides is 4. The molecule has 1 aliphatic carbocycles. The summed E-state index contributed by atoms with van der Waals surface area (Å²) in [6.45, 7) is 2.52. The fourth-order valence-corrected chi connectivity index (χ4v) is 4.57. The normalized spacial score (nSPS) is 21.2. The van der Waals surface area contributed by atoms with E-state index in [2.05, 4.69) is 0 Å². The van der Waals surface area contributed by atoms with Gasteiger partial charge in [-0.2, -0.15) is 0 Å². The maximum Gasteiger partial charge on any atom is 0.328 e. The quantitative estimate of drug-likeness (QED) is 0.644. The van der Waals surface area contributed by atoms with Crippen molar-refractivity contribution in [2.45, 2.75) is 44.2 Å². The molecule has 7 heteroatoms. The number of carbonyl (C=O) groups is 3. The molecular formula is C23H32N4O3. The van der Waals surface area contributed by atoms with Crippen LogP contribution in [-0.2, 0) is 16.1 Å². The number of likely N-dealkylation sites (N-methyl/N-ethyl adjacent to an activating group) is 1. The number of rotatable bonds is 7. The van der Waals surface area contributed by atoms with Gasteiger partial charge in [0.15, 0.2) is 0 Å². The van der Waals surface area contributed by atoms with Gasteiger partial charge >= 0.3 is 6.03 Å².